The average molecular weight is 331 g/mol. The smallest absolute Gasteiger partial charge is 0.269 e. The van der Waals surface area contributed by atoms with E-state index in [9.17, 15) is 20.3 Å². The second-order valence-corrected chi connectivity index (χ2v) is 5.89. The Morgan fingerprint density at radius 1 is 0.958 bits per heavy atom. The molecule has 0 aliphatic carbocycles. The molecule has 2 aromatic rings. The molecule has 0 aliphatic rings. The molecule has 24 heavy (non-hydrogen) atoms. The molecule has 0 saturated carbocycles. The number of nitro benzene ring substituents is 1. The van der Waals surface area contributed by atoms with E-state index in [0.717, 1.165) is 11.1 Å². The van der Waals surface area contributed by atoms with Crippen molar-refractivity contribution in [3.63, 3.8) is 0 Å². The number of aliphatic hydroxyl groups is 2. The minimum Gasteiger partial charge on any atom is -0.396 e. The minimum atomic E-state index is -0.828. The fourth-order valence-corrected chi connectivity index (χ4v) is 2.43. The van der Waals surface area contributed by atoms with E-state index in [2.05, 4.69) is 0 Å². The summed E-state index contributed by atoms with van der Waals surface area (Å²) in [5.74, 6) is 0. The molecular weight excluding hydrogens is 310 g/mol. The molecule has 0 aromatic heterocycles. The first-order valence-electron chi connectivity index (χ1n) is 7.65. The summed E-state index contributed by atoms with van der Waals surface area (Å²) in [5, 5.41) is 30.2. The summed E-state index contributed by atoms with van der Waals surface area (Å²) in [6.45, 7) is 0.0965. The predicted molar refractivity (Wildman–Crippen MR) is 89.5 cm³/mol. The van der Waals surface area contributed by atoms with E-state index in [1.165, 1.54) is 12.1 Å². The van der Waals surface area contributed by atoms with Gasteiger partial charge in [-0.3, -0.25) is 10.1 Å². The molecule has 0 aliphatic heterocycles. The van der Waals surface area contributed by atoms with Gasteiger partial charge in [-0.1, -0.05) is 42.5 Å². The summed E-state index contributed by atoms with van der Waals surface area (Å²) in [6, 6.07) is 15.7. The highest BCUT2D eigenvalue weighted by Gasteiger charge is 2.30. The highest BCUT2D eigenvalue weighted by molar-refractivity contribution is 5.33. The molecule has 6 heteroatoms. The van der Waals surface area contributed by atoms with Crippen LogP contribution in [-0.2, 0) is 17.8 Å². The minimum absolute atomic E-state index is 0.0117. The number of non-ortho nitro benzene ring substituents is 1. The van der Waals surface area contributed by atoms with Gasteiger partial charge in [-0.25, -0.2) is 0 Å². The third kappa shape index (κ3) is 4.86. The maximum Gasteiger partial charge on any atom is 0.269 e. The van der Waals surface area contributed by atoms with Gasteiger partial charge in [0.25, 0.3) is 5.69 Å². The van der Waals surface area contributed by atoms with Gasteiger partial charge in [-0.05, 0) is 17.5 Å². The number of ether oxygens (including phenoxy) is 1. The van der Waals surface area contributed by atoms with Crippen LogP contribution in [0.25, 0.3) is 0 Å². The maximum absolute atomic E-state index is 10.7. The van der Waals surface area contributed by atoms with Gasteiger partial charge in [-0.15, -0.1) is 0 Å². The number of aliphatic hydroxyl groups excluding tert-OH is 2. The van der Waals surface area contributed by atoms with Crippen molar-refractivity contribution in [2.24, 2.45) is 5.41 Å². The Morgan fingerprint density at radius 2 is 1.58 bits per heavy atom. The van der Waals surface area contributed by atoms with Crippen LogP contribution in [0.1, 0.15) is 11.1 Å². The fraction of sp³-hybridized carbons (Fsp3) is 0.333. The van der Waals surface area contributed by atoms with Crippen molar-refractivity contribution < 1.29 is 19.9 Å². The highest BCUT2D eigenvalue weighted by Crippen LogP contribution is 2.25. The summed E-state index contributed by atoms with van der Waals surface area (Å²) in [5.41, 5.74) is 0.993. The van der Waals surface area contributed by atoms with Gasteiger partial charge in [0.05, 0.1) is 31.4 Å². The van der Waals surface area contributed by atoms with E-state index >= 15 is 0 Å². The van der Waals surface area contributed by atoms with Crippen LogP contribution in [0.3, 0.4) is 0 Å². The Hall–Kier alpha value is -2.28. The maximum atomic E-state index is 10.7. The van der Waals surface area contributed by atoms with Crippen LogP contribution in [0.2, 0.25) is 0 Å². The quantitative estimate of drug-likeness (QED) is 0.543. The molecule has 2 N–H and O–H groups in total. The summed E-state index contributed by atoms with van der Waals surface area (Å²) < 4.78 is 5.67. The number of benzene rings is 2. The highest BCUT2D eigenvalue weighted by atomic mass is 16.6. The Kier molecular flexibility index (Phi) is 6.43. The van der Waals surface area contributed by atoms with Crippen LogP contribution in [-0.4, -0.2) is 35.0 Å². The zero-order valence-electron chi connectivity index (χ0n) is 13.3. The first kappa shape index (κ1) is 18.1. The zero-order chi connectivity index (χ0) is 17.4. The Balaban J connectivity index is 1.99. The number of nitro groups is 1. The SMILES string of the molecule is O=[N+]([O-])c1ccc(CC(CO)(CO)COCc2ccccc2)cc1. The summed E-state index contributed by atoms with van der Waals surface area (Å²) >= 11 is 0. The lowest BCUT2D eigenvalue weighted by Crippen LogP contribution is -2.37. The number of hydrogen-bond acceptors (Lipinski definition) is 5. The van der Waals surface area contributed by atoms with Crippen molar-refractivity contribution in [1.29, 1.82) is 0 Å². The fourth-order valence-electron chi connectivity index (χ4n) is 2.43. The van der Waals surface area contributed by atoms with Gasteiger partial charge in [0.1, 0.15) is 0 Å². The number of hydrogen-bond donors (Lipinski definition) is 2. The lowest BCUT2D eigenvalue weighted by atomic mass is 9.84. The lowest BCUT2D eigenvalue weighted by molar-refractivity contribution is -0.384. The van der Waals surface area contributed by atoms with E-state index in [1.807, 2.05) is 30.3 Å². The van der Waals surface area contributed by atoms with Crippen molar-refractivity contribution in [2.75, 3.05) is 19.8 Å². The van der Waals surface area contributed by atoms with Crippen molar-refractivity contribution in [2.45, 2.75) is 13.0 Å². The third-order valence-corrected chi connectivity index (χ3v) is 3.92. The summed E-state index contributed by atoms with van der Waals surface area (Å²) in [4.78, 5) is 10.2. The largest absolute Gasteiger partial charge is 0.396 e. The van der Waals surface area contributed by atoms with Crippen LogP contribution in [0, 0.1) is 15.5 Å². The monoisotopic (exact) mass is 331 g/mol. The number of nitrogens with zero attached hydrogens (tertiary/aromatic N) is 1. The van der Waals surface area contributed by atoms with Gasteiger partial charge in [0.15, 0.2) is 0 Å². The van der Waals surface area contributed by atoms with Crippen molar-refractivity contribution in [3.8, 4) is 0 Å². The molecule has 0 fully saturated rings. The average Bonchev–Trinajstić information content (AvgIpc) is 2.62. The van der Waals surface area contributed by atoms with Gasteiger partial charge < -0.3 is 14.9 Å². The van der Waals surface area contributed by atoms with E-state index in [-0.39, 0.29) is 25.5 Å². The van der Waals surface area contributed by atoms with Crippen molar-refractivity contribution in [3.05, 3.63) is 75.8 Å². The molecular formula is C18H21NO5. The van der Waals surface area contributed by atoms with Crippen LogP contribution in [0.15, 0.2) is 54.6 Å². The van der Waals surface area contributed by atoms with E-state index < -0.39 is 10.3 Å². The van der Waals surface area contributed by atoms with Gasteiger partial charge >= 0.3 is 0 Å². The molecule has 0 heterocycles. The second-order valence-electron chi connectivity index (χ2n) is 5.89. The molecule has 0 radical (unpaired) electrons. The number of rotatable bonds is 9. The van der Waals surface area contributed by atoms with Crippen molar-refractivity contribution >= 4 is 5.69 Å². The van der Waals surface area contributed by atoms with Crippen molar-refractivity contribution in [1.82, 2.24) is 0 Å². The van der Waals surface area contributed by atoms with Gasteiger partial charge in [0, 0.05) is 17.5 Å². The first-order valence-corrected chi connectivity index (χ1v) is 7.65. The van der Waals surface area contributed by atoms with Crippen LogP contribution in [0.5, 0.6) is 0 Å². The molecule has 0 amide bonds. The normalized spacial score (nSPS) is 11.4. The van der Waals surface area contributed by atoms with Crippen LogP contribution < -0.4 is 0 Å². The molecule has 0 bridgehead atoms. The molecule has 0 saturated heterocycles. The first-order chi connectivity index (χ1) is 11.6. The molecule has 2 aromatic carbocycles. The topological polar surface area (TPSA) is 92.8 Å². The Morgan fingerprint density at radius 3 is 2.12 bits per heavy atom. The lowest BCUT2D eigenvalue weighted by Gasteiger charge is -2.29. The molecule has 6 nitrogen and oxygen atoms in total. The summed E-state index contributed by atoms with van der Waals surface area (Å²) in [6.07, 6.45) is 0.368. The van der Waals surface area contributed by atoms with Crippen LogP contribution in [0.4, 0.5) is 5.69 Å². The summed E-state index contributed by atoms with van der Waals surface area (Å²) in [7, 11) is 0. The molecule has 0 unspecified atom stereocenters. The zero-order valence-corrected chi connectivity index (χ0v) is 13.3. The van der Waals surface area contributed by atoms with E-state index in [0.29, 0.717) is 13.0 Å². The third-order valence-electron chi connectivity index (χ3n) is 3.92. The van der Waals surface area contributed by atoms with E-state index in [1.54, 1.807) is 12.1 Å². The van der Waals surface area contributed by atoms with E-state index in [4.69, 9.17) is 4.74 Å². The molecule has 0 spiro atoms. The standard InChI is InChI=1S/C18H21NO5/c20-12-18(13-21,14-24-11-16-4-2-1-3-5-16)10-15-6-8-17(9-7-15)19(22)23/h1-9,20-21H,10-14H2. The van der Waals surface area contributed by atoms with Crippen LogP contribution >= 0.6 is 0 Å². The predicted octanol–water partition coefficient (Wildman–Crippen LogP) is 2.33. The molecule has 2 rings (SSSR count). The van der Waals surface area contributed by atoms with Gasteiger partial charge in [-0.2, -0.15) is 0 Å². The Labute approximate surface area is 140 Å². The Bertz CT molecular complexity index is 638. The van der Waals surface area contributed by atoms with Gasteiger partial charge in [0.2, 0.25) is 0 Å². The molecule has 128 valence electrons. The second kappa shape index (κ2) is 8.54. The molecule has 0 atom stereocenters.